The van der Waals surface area contributed by atoms with Crippen LogP contribution >= 0.6 is 15.6 Å². The lowest BCUT2D eigenvalue weighted by molar-refractivity contribution is -0.161. The third-order valence-corrected chi connectivity index (χ3v) is 19.8. The molecule has 0 rings (SSSR count). The minimum atomic E-state index is -4.96. The smallest absolute Gasteiger partial charge is 0.462 e. The third kappa shape index (κ3) is 70.5. The Morgan fingerprint density at radius 2 is 0.479 bits per heavy atom. The van der Waals surface area contributed by atoms with Crippen molar-refractivity contribution in [2.75, 3.05) is 39.6 Å². The summed E-state index contributed by atoms with van der Waals surface area (Å²) >= 11 is 0. The highest BCUT2D eigenvalue weighted by Gasteiger charge is 2.30. The molecule has 0 aromatic heterocycles. The van der Waals surface area contributed by atoms with Gasteiger partial charge < -0.3 is 33.8 Å². The van der Waals surface area contributed by atoms with Crippen LogP contribution in [-0.4, -0.2) is 96.7 Å². The Bertz CT molecular complexity index is 1870. The maximum Gasteiger partial charge on any atom is 0.472 e. The number of phosphoric acid groups is 2. The minimum absolute atomic E-state index is 0.105. The van der Waals surface area contributed by atoms with Gasteiger partial charge in [0.2, 0.25) is 0 Å². The summed E-state index contributed by atoms with van der Waals surface area (Å²) in [5.41, 5.74) is 0. The number of unbranched alkanes of at least 4 members (excludes halogenated alkanes) is 43. The summed E-state index contributed by atoms with van der Waals surface area (Å²) < 4.78 is 68.5. The summed E-state index contributed by atoms with van der Waals surface area (Å²) in [5.74, 6) is 0.203. The number of aliphatic hydroxyl groups is 1. The second-order valence-electron chi connectivity index (χ2n) is 29.2. The van der Waals surface area contributed by atoms with Crippen LogP contribution in [0, 0.1) is 17.8 Å². The standard InChI is InChI=1S/C77H150O17P2/c1-8-9-10-11-12-13-29-37-44-51-58-74(79)87-65-73(94-77(82)61-54-47-40-33-32-36-43-50-57-70(6)7)67-92-96(85,86)90-63-71(78)62-89-95(83,84)91-66-72(64-88-75(80)59-52-45-38-30-25-21-18-17-20-24-28-35-42-49-56-69(4)5)93-76(81)60-53-46-39-31-26-22-16-14-15-19-23-27-34-41-48-55-68(2)3/h68-73,78H,8-67H2,1-7H3,(H,83,84)(H,85,86)/t71-,72-,73-/m1/s1. The largest absolute Gasteiger partial charge is 0.472 e. The molecular weight excluding hydrogens is 1260 g/mol. The average molecular weight is 1410 g/mol. The van der Waals surface area contributed by atoms with E-state index in [1.54, 1.807) is 0 Å². The minimum Gasteiger partial charge on any atom is -0.462 e. The fraction of sp³-hybridized carbons (Fsp3) is 0.948. The second kappa shape index (κ2) is 67.5. The molecule has 0 bridgehead atoms. The molecule has 0 radical (unpaired) electrons. The maximum atomic E-state index is 13.1. The highest BCUT2D eigenvalue weighted by Crippen LogP contribution is 2.45. The molecule has 0 aromatic carbocycles. The van der Waals surface area contributed by atoms with Gasteiger partial charge in [-0.15, -0.1) is 0 Å². The van der Waals surface area contributed by atoms with Crippen LogP contribution in [0.15, 0.2) is 0 Å². The predicted octanol–water partition coefficient (Wildman–Crippen LogP) is 22.6. The van der Waals surface area contributed by atoms with Gasteiger partial charge in [0.15, 0.2) is 12.2 Å². The van der Waals surface area contributed by atoms with Crippen LogP contribution in [0.2, 0.25) is 0 Å². The van der Waals surface area contributed by atoms with E-state index in [9.17, 15) is 43.2 Å². The van der Waals surface area contributed by atoms with Crippen LogP contribution in [0.3, 0.4) is 0 Å². The summed E-state index contributed by atoms with van der Waals surface area (Å²) in [6.45, 7) is 11.9. The van der Waals surface area contributed by atoms with E-state index in [2.05, 4.69) is 48.5 Å². The van der Waals surface area contributed by atoms with Crippen LogP contribution in [-0.2, 0) is 65.4 Å². The Morgan fingerprint density at radius 1 is 0.281 bits per heavy atom. The van der Waals surface area contributed by atoms with Crippen molar-refractivity contribution in [1.29, 1.82) is 0 Å². The van der Waals surface area contributed by atoms with Crippen molar-refractivity contribution in [3.05, 3.63) is 0 Å². The highest BCUT2D eigenvalue weighted by atomic mass is 31.2. The summed E-state index contributed by atoms with van der Waals surface area (Å²) in [7, 11) is -9.91. The molecule has 17 nitrogen and oxygen atoms in total. The zero-order chi connectivity index (χ0) is 70.9. The fourth-order valence-corrected chi connectivity index (χ4v) is 13.4. The SMILES string of the molecule is CCCCCCCCCCCCC(=O)OC[C@H](COP(=O)(O)OC[C@H](O)COP(=O)(O)OC[C@@H](COC(=O)CCCCCCCCCCCCCCCCC(C)C)OC(=O)CCCCCCCCCCCCCCCCCC(C)C)OC(=O)CCCCCCCCCCC(C)C. The highest BCUT2D eigenvalue weighted by molar-refractivity contribution is 7.47. The molecule has 0 heterocycles. The van der Waals surface area contributed by atoms with Crippen LogP contribution in [0.25, 0.3) is 0 Å². The molecule has 0 aliphatic carbocycles. The number of hydrogen-bond acceptors (Lipinski definition) is 15. The van der Waals surface area contributed by atoms with Crippen molar-refractivity contribution >= 4 is 39.5 Å². The Balaban J connectivity index is 5.23. The van der Waals surface area contributed by atoms with Gasteiger partial charge in [-0.25, -0.2) is 9.13 Å². The first kappa shape index (κ1) is 94.1. The number of phosphoric ester groups is 2. The molecule has 0 aliphatic heterocycles. The van der Waals surface area contributed by atoms with Crippen molar-refractivity contribution < 1.29 is 80.2 Å². The van der Waals surface area contributed by atoms with Gasteiger partial charge in [-0.2, -0.15) is 0 Å². The maximum absolute atomic E-state index is 13.1. The van der Waals surface area contributed by atoms with Crippen LogP contribution in [0.1, 0.15) is 395 Å². The average Bonchev–Trinajstić information content (AvgIpc) is 1.40. The molecule has 570 valence electrons. The first-order valence-electron chi connectivity index (χ1n) is 39.8. The van der Waals surface area contributed by atoms with Gasteiger partial charge in [0.1, 0.15) is 19.3 Å². The molecule has 0 saturated carbocycles. The van der Waals surface area contributed by atoms with Gasteiger partial charge in [-0.1, -0.05) is 344 Å². The molecule has 0 aromatic rings. The summed E-state index contributed by atoms with van der Waals surface area (Å²) in [6, 6.07) is 0. The van der Waals surface area contributed by atoms with Crippen molar-refractivity contribution in [2.24, 2.45) is 17.8 Å². The first-order valence-corrected chi connectivity index (χ1v) is 42.8. The van der Waals surface area contributed by atoms with Gasteiger partial charge in [-0.05, 0) is 43.4 Å². The third-order valence-electron chi connectivity index (χ3n) is 17.9. The van der Waals surface area contributed by atoms with Gasteiger partial charge in [0, 0.05) is 25.7 Å². The van der Waals surface area contributed by atoms with Crippen molar-refractivity contribution in [3.63, 3.8) is 0 Å². The fourth-order valence-electron chi connectivity index (χ4n) is 11.8. The topological polar surface area (TPSA) is 237 Å². The van der Waals surface area contributed by atoms with E-state index in [4.69, 9.17) is 37.0 Å². The zero-order valence-electron chi connectivity index (χ0n) is 62.8. The van der Waals surface area contributed by atoms with Crippen LogP contribution in [0.5, 0.6) is 0 Å². The predicted molar refractivity (Wildman–Crippen MR) is 391 cm³/mol. The molecule has 0 aliphatic rings. The molecule has 0 fully saturated rings. The quantitative estimate of drug-likeness (QED) is 0.0222. The van der Waals surface area contributed by atoms with E-state index in [1.165, 1.54) is 205 Å². The Kier molecular flexibility index (Phi) is 66.2. The van der Waals surface area contributed by atoms with Gasteiger partial charge >= 0.3 is 39.5 Å². The summed E-state index contributed by atoms with van der Waals surface area (Å²) in [5, 5.41) is 10.6. The van der Waals surface area contributed by atoms with Crippen LogP contribution < -0.4 is 0 Å². The van der Waals surface area contributed by atoms with E-state index < -0.39 is 97.5 Å². The molecule has 0 amide bonds. The van der Waals surface area contributed by atoms with Gasteiger partial charge in [0.05, 0.1) is 26.4 Å². The van der Waals surface area contributed by atoms with E-state index in [0.717, 1.165) is 108 Å². The molecule has 5 atom stereocenters. The normalized spacial score (nSPS) is 14.1. The van der Waals surface area contributed by atoms with Crippen molar-refractivity contribution in [3.8, 4) is 0 Å². The molecule has 0 saturated heterocycles. The van der Waals surface area contributed by atoms with E-state index in [1.807, 2.05) is 0 Å². The summed E-state index contributed by atoms with van der Waals surface area (Å²) in [4.78, 5) is 72.8. The van der Waals surface area contributed by atoms with Gasteiger partial charge in [-0.3, -0.25) is 37.3 Å². The second-order valence-corrected chi connectivity index (χ2v) is 32.1. The lowest BCUT2D eigenvalue weighted by Crippen LogP contribution is -2.30. The Labute approximate surface area is 588 Å². The number of carbonyl (C=O) groups excluding carboxylic acids is 4. The molecule has 3 N–H and O–H groups in total. The van der Waals surface area contributed by atoms with Crippen LogP contribution in [0.4, 0.5) is 0 Å². The molecule has 96 heavy (non-hydrogen) atoms. The first-order chi connectivity index (χ1) is 46.2. The van der Waals surface area contributed by atoms with E-state index in [0.29, 0.717) is 25.7 Å². The summed E-state index contributed by atoms with van der Waals surface area (Å²) in [6.07, 6.45) is 54.1. The van der Waals surface area contributed by atoms with E-state index in [-0.39, 0.29) is 25.7 Å². The number of hydrogen-bond donors (Lipinski definition) is 3. The zero-order valence-corrected chi connectivity index (χ0v) is 64.6. The number of ether oxygens (including phenoxy) is 4. The number of aliphatic hydroxyl groups excluding tert-OH is 1. The monoisotopic (exact) mass is 1410 g/mol. The number of carbonyl (C=O) groups is 4. The molecule has 2 unspecified atom stereocenters. The Hall–Kier alpha value is -1.94. The van der Waals surface area contributed by atoms with E-state index >= 15 is 0 Å². The van der Waals surface area contributed by atoms with Crippen molar-refractivity contribution in [1.82, 2.24) is 0 Å². The Morgan fingerprint density at radius 3 is 0.708 bits per heavy atom. The molecule has 0 spiro atoms. The molecular formula is C77H150O17P2. The number of rotatable bonds is 75. The molecule has 19 heteroatoms. The van der Waals surface area contributed by atoms with Gasteiger partial charge in [0.25, 0.3) is 0 Å². The number of esters is 4. The lowest BCUT2D eigenvalue weighted by atomic mass is 10.0. The van der Waals surface area contributed by atoms with Crippen molar-refractivity contribution in [2.45, 2.75) is 414 Å². The lowest BCUT2D eigenvalue weighted by Gasteiger charge is -2.21.